The predicted molar refractivity (Wildman–Crippen MR) is 86.8 cm³/mol. The highest BCUT2D eigenvalue weighted by atomic mass is 16.3. The Hall–Kier alpha value is -2.00. The molecular weight excluding hydrogens is 260 g/mol. The maximum absolute atomic E-state index is 9.32. The Bertz CT molecular complexity index is 569. The molecule has 0 spiro atoms. The van der Waals surface area contributed by atoms with Gasteiger partial charge in [0.1, 0.15) is 5.75 Å². The van der Waals surface area contributed by atoms with E-state index in [1.807, 2.05) is 12.1 Å². The minimum absolute atomic E-state index is 0.336. The van der Waals surface area contributed by atoms with Gasteiger partial charge in [-0.3, -0.25) is 4.90 Å². The lowest BCUT2D eigenvalue weighted by Crippen LogP contribution is -2.45. The van der Waals surface area contributed by atoms with Crippen LogP contribution in [0.4, 0.5) is 5.69 Å². The van der Waals surface area contributed by atoms with Gasteiger partial charge in [-0.1, -0.05) is 29.8 Å². The number of nitrogens with zero attached hydrogens (tertiary/aromatic N) is 2. The number of hydrogen-bond acceptors (Lipinski definition) is 3. The van der Waals surface area contributed by atoms with E-state index in [0.29, 0.717) is 5.75 Å². The van der Waals surface area contributed by atoms with Crippen molar-refractivity contribution < 1.29 is 5.11 Å². The van der Waals surface area contributed by atoms with Crippen molar-refractivity contribution in [3.63, 3.8) is 0 Å². The van der Waals surface area contributed by atoms with Crippen LogP contribution >= 0.6 is 0 Å². The van der Waals surface area contributed by atoms with E-state index in [1.165, 1.54) is 16.8 Å². The number of phenols is 1. The summed E-state index contributed by atoms with van der Waals surface area (Å²) in [6.07, 6.45) is 0. The minimum atomic E-state index is 0.336. The maximum atomic E-state index is 9.32. The Kier molecular flexibility index (Phi) is 4.11. The van der Waals surface area contributed by atoms with Gasteiger partial charge in [-0.2, -0.15) is 0 Å². The summed E-state index contributed by atoms with van der Waals surface area (Å²) in [5.74, 6) is 0.336. The molecule has 1 N–H and O–H groups in total. The van der Waals surface area contributed by atoms with Crippen molar-refractivity contribution in [2.45, 2.75) is 13.5 Å². The van der Waals surface area contributed by atoms with E-state index in [2.05, 4.69) is 41.0 Å². The second-order valence-corrected chi connectivity index (χ2v) is 5.77. The Balaban J connectivity index is 1.55. The van der Waals surface area contributed by atoms with Gasteiger partial charge in [0.05, 0.1) is 0 Å². The molecule has 1 aliphatic rings. The van der Waals surface area contributed by atoms with Gasteiger partial charge in [0.2, 0.25) is 0 Å². The highest BCUT2D eigenvalue weighted by Crippen LogP contribution is 2.18. The molecule has 0 amide bonds. The fourth-order valence-electron chi connectivity index (χ4n) is 2.78. The lowest BCUT2D eigenvalue weighted by atomic mass is 10.1. The third-order valence-electron chi connectivity index (χ3n) is 4.11. The molecule has 1 heterocycles. The number of phenolic OH excluding ortho intramolecular Hbond substituents is 1. The lowest BCUT2D eigenvalue weighted by Gasteiger charge is -2.36. The number of aryl methyl sites for hydroxylation is 1. The molecular formula is C18H22N2O. The van der Waals surface area contributed by atoms with Crippen molar-refractivity contribution in [3.8, 4) is 5.75 Å². The molecule has 3 nitrogen and oxygen atoms in total. The molecule has 0 aromatic heterocycles. The highest BCUT2D eigenvalue weighted by Gasteiger charge is 2.17. The van der Waals surface area contributed by atoms with E-state index in [-0.39, 0.29) is 0 Å². The second kappa shape index (κ2) is 6.19. The molecule has 3 heteroatoms. The van der Waals surface area contributed by atoms with Crippen LogP contribution in [0.15, 0.2) is 48.5 Å². The van der Waals surface area contributed by atoms with E-state index in [1.54, 1.807) is 12.1 Å². The van der Waals surface area contributed by atoms with Crippen molar-refractivity contribution >= 4 is 5.69 Å². The standard InChI is InChI=1S/C18H22N2O/c1-15-2-6-17(7-3-15)20-12-10-19(11-13-20)14-16-4-8-18(21)9-5-16/h2-9,21H,10-14H2,1H3. The first-order chi connectivity index (χ1) is 10.2. The molecule has 1 aliphatic heterocycles. The van der Waals surface area contributed by atoms with Gasteiger partial charge in [0, 0.05) is 38.4 Å². The average molecular weight is 282 g/mol. The molecule has 1 saturated heterocycles. The van der Waals surface area contributed by atoms with Crippen LogP contribution in [0.3, 0.4) is 0 Å². The fourth-order valence-corrected chi connectivity index (χ4v) is 2.78. The Morgan fingerprint density at radius 2 is 1.48 bits per heavy atom. The van der Waals surface area contributed by atoms with Crippen LogP contribution in [0.25, 0.3) is 0 Å². The van der Waals surface area contributed by atoms with Gasteiger partial charge >= 0.3 is 0 Å². The highest BCUT2D eigenvalue weighted by molar-refractivity contribution is 5.47. The number of aromatic hydroxyl groups is 1. The second-order valence-electron chi connectivity index (χ2n) is 5.77. The van der Waals surface area contributed by atoms with Gasteiger partial charge in [0.25, 0.3) is 0 Å². The van der Waals surface area contributed by atoms with Crippen molar-refractivity contribution in [1.29, 1.82) is 0 Å². The van der Waals surface area contributed by atoms with Crippen LogP contribution in [0.1, 0.15) is 11.1 Å². The maximum Gasteiger partial charge on any atom is 0.115 e. The molecule has 0 aliphatic carbocycles. The summed E-state index contributed by atoms with van der Waals surface area (Å²) >= 11 is 0. The smallest absolute Gasteiger partial charge is 0.115 e. The molecule has 0 radical (unpaired) electrons. The van der Waals surface area contributed by atoms with Gasteiger partial charge < -0.3 is 10.0 Å². The van der Waals surface area contributed by atoms with Crippen molar-refractivity contribution in [2.24, 2.45) is 0 Å². The van der Waals surface area contributed by atoms with Crippen molar-refractivity contribution in [1.82, 2.24) is 4.90 Å². The molecule has 3 rings (SSSR count). The van der Waals surface area contributed by atoms with E-state index < -0.39 is 0 Å². The topological polar surface area (TPSA) is 26.7 Å². The minimum Gasteiger partial charge on any atom is -0.508 e. The number of hydrogen-bond donors (Lipinski definition) is 1. The summed E-state index contributed by atoms with van der Waals surface area (Å²) in [6, 6.07) is 16.3. The first-order valence-electron chi connectivity index (χ1n) is 7.52. The summed E-state index contributed by atoms with van der Waals surface area (Å²) in [7, 11) is 0. The molecule has 21 heavy (non-hydrogen) atoms. The van der Waals surface area contributed by atoms with E-state index in [4.69, 9.17) is 0 Å². The van der Waals surface area contributed by atoms with Crippen LogP contribution in [-0.2, 0) is 6.54 Å². The number of anilines is 1. The average Bonchev–Trinajstić information content (AvgIpc) is 2.51. The molecule has 1 fully saturated rings. The van der Waals surface area contributed by atoms with Crippen LogP contribution < -0.4 is 4.90 Å². The van der Waals surface area contributed by atoms with Crippen LogP contribution in [0, 0.1) is 6.92 Å². The number of rotatable bonds is 3. The zero-order valence-corrected chi connectivity index (χ0v) is 12.5. The van der Waals surface area contributed by atoms with E-state index in [9.17, 15) is 5.11 Å². The first kappa shape index (κ1) is 14.0. The van der Waals surface area contributed by atoms with Crippen LogP contribution in [0.5, 0.6) is 5.75 Å². The zero-order valence-electron chi connectivity index (χ0n) is 12.5. The van der Waals surface area contributed by atoms with Gasteiger partial charge in [-0.15, -0.1) is 0 Å². The van der Waals surface area contributed by atoms with Crippen LogP contribution in [0.2, 0.25) is 0 Å². The van der Waals surface area contributed by atoms with Crippen molar-refractivity contribution in [2.75, 3.05) is 31.1 Å². The normalized spacial score (nSPS) is 16.1. The number of benzene rings is 2. The van der Waals surface area contributed by atoms with Gasteiger partial charge in [-0.25, -0.2) is 0 Å². The third-order valence-corrected chi connectivity index (χ3v) is 4.11. The summed E-state index contributed by atoms with van der Waals surface area (Å²) in [5, 5.41) is 9.32. The largest absolute Gasteiger partial charge is 0.508 e. The summed E-state index contributed by atoms with van der Waals surface area (Å²) in [6.45, 7) is 7.38. The molecule has 0 unspecified atom stereocenters. The van der Waals surface area contributed by atoms with Gasteiger partial charge in [0.15, 0.2) is 0 Å². The Morgan fingerprint density at radius 3 is 2.10 bits per heavy atom. The first-order valence-corrected chi connectivity index (χ1v) is 7.52. The van der Waals surface area contributed by atoms with E-state index >= 15 is 0 Å². The Labute approximate surface area is 126 Å². The molecule has 0 saturated carbocycles. The quantitative estimate of drug-likeness (QED) is 0.937. The molecule has 0 atom stereocenters. The third kappa shape index (κ3) is 3.56. The van der Waals surface area contributed by atoms with Crippen molar-refractivity contribution in [3.05, 3.63) is 59.7 Å². The summed E-state index contributed by atoms with van der Waals surface area (Å²) < 4.78 is 0. The monoisotopic (exact) mass is 282 g/mol. The molecule has 2 aromatic rings. The lowest BCUT2D eigenvalue weighted by molar-refractivity contribution is 0.250. The molecule has 2 aromatic carbocycles. The van der Waals surface area contributed by atoms with E-state index in [0.717, 1.165) is 32.7 Å². The molecule has 0 bridgehead atoms. The summed E-state index contributed by atoms with van der Waals surface area (Å²) in [4.78, 5) is 4.92. The number of piperazine rings is 1. The van der Waals surface area contributed by atoms with Gasteiger partial charge in [-0.05, 0) is 36.8 Å². The SMILES string of the molecule is Cc1ccc(N2CCN(Cc3ccc(O)cc3)CC2)cc1. The zero-order chi connectivity index (χ0) is 14.7. The Morgan fingerprint density at radius 1 is 0.857 bits per heavy atom. The fraction of sp³-hybridized carbons (Fsp3) is 0.333. The summed E-state index contributed by atoms with van der Waals surface area (Å²) in [5.41, 5.74) is 3.89. The van der Waals surface area contributed by atoms with Crippen LogP contribution in [-0.4, -0.2) is 36.2 Å². The predicted octanol–water partition coefficient (Wildman–Crippen LogP) is 3.02. The molecule has 110 valence electrons.